The molecule has 0 spiro atoms. The smallest absolute Gasteiger partial charge is 0.545 e. The van der Waals surface area contributed by atoms with Crippen molar-refractivity contribution in [2.75, 3.05) is 0 Å². The fraction of sp³-hybridized carbons (Fsp3) is 0. The molecule has 0 aliphatic heterocycles. The molecule has 0 bridgehead atoms. The Kier molecular flexibility index (Phi) is 6.60. The van der Waals surface area contributed by atoms with Crippen molar-refractivity contribution in [3.05, 3.63) is 84.2 Å². The van der Waals surface area contributed by atoms with Crippen molar-refractivity contribution in [2.24, 2.45) is 0 Å². The summed E-state index contributed by atoms with van der Waals surface area (Å²) in [7, 11) is 0. The Hall–Kier alpha value is -3.28. The average Bonchev–Trinajstić information content (AvgIpc) is 2.67. The van der Waals surface area contributed by atoms with Gasteiger partial charge in [0.05, 0.1) is 23.0 Å². The van der Waals surface area contributed by atoms with Gasteiger partial charge in [-0.15, -0.1) is 0 Å². The molecule has 1 radical (unpaired) electrons. The van der Waals surface area contributed by atoms with Crippen LogP contribution in [0.3, 0.4) is 0 Å². The predicted molar refractivity (Wildman–Crippen MR) is 92.1 cm³/mol. The molecule has 7 heteroatoms. The van der Waals surface area contributed by atoms with Crippen LogP contribution < -0.4 is 10.2 Å². The third-order valence-corrected chi connectivity index (χ3v) is 3.73. The molecule has 137 valence electrons. The summed E-state index contributed by atoms with van der Waals surface area (Å²) < 4.78 is 0. The van der Waals surface area contributed by atoms with E-state index in [2.05, 4.69) is 9.97 Å². The standard InChI is InChI=1S/2C10H7NO2.Cu/c2*12-10(13)8-3-1-5-9-7(8)4-2-6-11-9;/h2*1-6H,(H,12,13);/q;;+2/p-2. The maximum Gasteiger partial charge on any atom is 2.00 e. The number of carboxylic acids is 2. The summed E-state index contributed by atoms with van der Waals surface area (Å²) in [5.41, 5.74) is 1.71. The topological polar surface area (TPSA) is 106 Å². The number of fused-ring (bicyclic) bond motifs is 2. The molecule has 0 aliphatic carbocycles. The van der Waals surface area contributed by atoms with E-state index in [1.165, 1.54) is 12.1 Å². The van der Waals surface area contributed by atoms with E-state index in [-0.39, 0.29) is 28.2 Å². The number of aromatic carboxylic acids is 2. The molecular weight excluding hydrogens is 396 g/mol. The van der Waals surface area contributed by atoms with E-state index in [0.717, 1.165) is 0 Å². The molecule has 0 N–H and O–H groups in total. The first kappa shape index (κ1) is 20.0. The largest absolute Gasteiger partial charge is 2.00 e. The van der Waals surface area contributed by atoms with E-state index in [1.807, 2.05) is 0 Å². The minimum atomic E-state index is -1.17. The molecule has 0 unspecified atom stereocenters. The first-order valence-electron chi connectivity index (χ1n) is 7.68. The maximum atomic E-state index is 10.7. The number of pyridine rings is 2. The normalized spacial score (nSPS) is 9.78. The molecule has 2 aromatic heterocycles. The van der Waals surface area contributed by atoms with Crippen LogP contribution >= 0.6 is 0 Å². The van der Waals surface area contributed by atoms with Crippen molar-refractivity contribution < 1.29 is 36.9 Å². The number of hydrogen-bond acceptors (Lipinski definition) is 6. The van der Waals surface area contributed by atoms with Crippen LogP contribution in [0.2, 0.25) is 0 Å². The molecule has 0 saturated heterocycles. The Morgan fingerprint density at radius 2 is 1.04 bits per heavy atom. The third kappa shape index (κ3) is 4.47. The van der Waals surface area contributed by atoms with Gasteiger partial charge in [0.15, 0.2) is 0 Å². The van der Waals surface area contributed by atoms with E-state index in [0.29, 0.717) is 21.8 Å². The Morgan fingerprint density at radius 1 is 0.630 bits per heavy atom. The quantitative estimate of drug-likeness (QED) is 0.462. The monoisotopic (exact) mass is 407 g/mol. The van der Waals surface area contributed by atoms with E-state index < -0.39 is 11.9 Å². The summed E-state index contributed by atoms with van der Waals surface area (Å²) in [5.74, 6) is -2.34. The van der Waals surface area contributed by atoms with Crippen LogP contribution in [0.25, 0.3) is 21.8 Å². The van der Waals surface area contributed by atoms with Gasteiger partial charge in [0.2, 0.25) is 0 Å². The second kappa shape index (κ2) is 8.89. The van der Waals surface area contributed by atoms with Crippen LogP contribution in [-0.4, -0.2) is 21.9 Å². The van der Waals surface area contributed by atoms with Crippen LogP contribution in [0.15, 0.2) is 73.1 Å². The number of carboxylic acid groups (broad SMARTS) is 2. The summed E-state index contributed by atoms with van der Waals surface area (Å²) in [6.07, 6.45) is 3.25. The van der Waals surface area contributed by atoms with Gasteiger partial charge in [0.25, 0.3) is 0 Å². The van der Waals surface area contributed by atoms with E-state index in [9.17, 15) is 19.8 Å². The molecule has 2 aromatic carbocycles. The Morgan fingerprint density at radius 3 is 1.41 bits per heavy atom. The molecule has 0 atom stereocenters. The molecule has 4 aromatic rings. The first-order chi connectivity index (χ1) is 12.6. The van der Waals surface area contributed by atoms with Gasteiger partial charge in [0, 0.05) is 34.3 Å². The molecule has 2 heterocycles. The predicted octanol–water partition coefficient (Wildman–Crippen LogP) is 1.19. The Labute approximate surface area is 165 Å². The van der Waals surface area contributed by atoms with Crippen LogP contribution in [0.5, 0.6) is 0 Å². The number of rotatable bonds is 2. The molecule has 0 aliphatic rings. The van der Waals surface area contributed by atoms with Gasteiger partial charge in [-0.3, -0.25) is 9.97 Å². The van der Waals surface area contributed by atoms with Gasteiger partial charge in [-0.05, 0) is 24.3 Å². The van der Waals surface area contributed by atoms with Crippen molar-refractivity contribution >= 4 is 33.7 Å². The maximum absolute atomic E-state index is 10.7. The van der Waals surface area contributed by atoms with Gasteiger partial charge in [-0.25, -0.2) is 0 Å². The van der Waals surface area contributed by atoms with Crippen LogP contribution in [0, 0.1) is 0 Å². The number of aromatic nitrogens is 2. The summed E-state index contributed by atoms with van der Waals surface area (Å²) in [5, 5.41) is 22.6. The molecule has 27 heavy (non-hydrogen) atoms. The number of nitrogens with zero attached hydrogens (tertiary/aromatic N) is 2. The zero-order chi connectivity index (χ0) is 18.5. The number of benzene rings is 2. The van der Waals surface area contributed by atoms with Crippen molar-refractivity contribution in [3.8, 4) is 0 Å². The van der Waals surface area contributed by atoms with Gasteiger partial charge in [0.1, 0.15) is 0 Å². The van der Waals surface area contributed by atoms with Crippen molar-refractivity contribution in [1.82, 2.24) is 9.97 Å². The van der Waals surface area contributed by atoms with Crippen LogP contribution in [0.1, 0.15) is 20.7 Å². The summed E-state index contributed by atoms with van der Waals surface area (Å²) in [6.45, 7) is 0. The van der Waals surface area contributed by atoms with E-state index in [4.69, 9.17) is 0 Å². The van der Waals surface area contributed by atoms with E-state index in [1.54, 1.807) is 60.9 Å². The second-order valence-corrected chi connectivity index (χ2v) is 5.33. The zero-order valence-corrected chi connectivity index (χ0v) is 14.7. The number of hydrogen-bond donors (Lipinski definition) is 0. The Balaban J connectivity index is 0.000000187. The van der Waals surface area contributed by atoms with Gasteiger partial charge in [-0.1, -0.05) is 36.4 Å². The van der Waals surface area contributed by atoms with Crippen LogP contribution in [-0.2, 0) is 17.1 Å². The molecule has 0 fully saturated rings. The summed E-state index contributed by atoms with van der Waals surface area (Å²) in [4.78, 5) is 29.4. The fourth-order valence-corrected chi connectivity index (χ4v) is 2.56. The third-order valence-electron chi connectivity index (χ3n) is 3.73. The molecule has 0 amide bonds. The molecule has 6 nitrogen and oxygen atoms in total. The minimum Gasteiger partial charge on any atom is -0.545 e. The summed E-state index contributed by atoms with van der Waals surface area (Å²) in [6, 6.07) is 16.7. The number of carbonyl (C=O) groups excluding carboxylic acids is 2. The van der Waals surface area contributed by atoms with Gasteiger partial charge in [-0.2, -0.15) is 0 Å². The Bertz CT molecular complexity index is 1020. The second-order valence-electron chi connectivity index (χ2n) is 5.33. The summed E-state index contributed by atoms with van der Waals surface area (Å²) >= 11 is 0. The minimum absolute atomic E-state index is 0. The average molecular weight is 408 g/mol. The fourth-order valence-electron chi connectivity index (χ4n) is 2.56. The zero-order valence-electron chi connectivity index (χ0n) is 13.8. The van der Waals surface area contributed by atoms with Crippen molar-refractivity contribution in [2.45, 2.75) is 0 Å². The van der Waals surface area contributed by atoms with Crippen LogP contribution in [0.4, 0.5) is 0 Å². The molecule has 0 saturated carbocycles. The van der Waals surface area contributed by atoms with Crippen molar-refractivity contribution in [3.63, 3.8) is 0 Å². The molecule has 4 rings (SSSR count). The van der Waals surface area contributed by atoms with Gasteiger partial charge < -0.3 is 19.8 Å². The SMILES string of the molecule is O=C([O-])c1cccc2ncccc12.O=C([O-])c1cccc2ncccc12.[Cu+2]. The number of carbonyl (C=O) groups is 2. The van der Waals surface area contributed by atoms with Crippen molar-refractivity contribution in [1.29, 1.82) is 0 Å². The van der Waals surface area contributed by atoms with E-state index >= 15 is 0 Å². The molecular formula is C20H12CuN2O4. The van der Waals surface area contributed by atoms with Gasteiger partial charge >= 0.3 is 17.1 Å². The first-order valence-corrected chi connectivity index (χ1v) is 7.68.